The number of aryl methyl sites for hydroxylation is 2. The van der Waals surface area contributed by atoms with Crippen molar-refractivity contribution in [2.75, 3.05) is 0 Å². The highest BCUT2D eigenvalue weighted by molar-refractivity contribution is 5.43. The second kappa shape index (κ2) is 7.18. The Hall–Kier alpha value is -3.14. The Labute approximate surface area is 146 Å². The molecule has 0 radical (unpaired) electrons. The fourth-order valence-electron chi connectivity index (χ4n) is 2.46. The monoisotopic (exact) mass is 336 g/mol. The molecule has 0 aliphatic rings. The first-order valence-electron chi connectivity index (χ1n) is 8.00. The molecule has 0 bridgehead atoms. The summed E-state index contributed by atoms with van der Waals surface area (Å²) >= 11 is 0. The van der Waals surface area contributed by atoms with Gasteiger partial charge in [0.15, 0.2) is 23.0 Å². The summed E-state index contributed by atoms with van der Waals surface area (Å²) in [5, 5.41) is 20.2. The molecule has 25 heavy (non-hydrogen) atoms. The highest BCUT2D eigenvalue weighted by Crippen LogP contribution is 2.35. The molecule has 0 fully saturated rings. The minimum Gasteiger partial charge on any atom is -0.504 e. The van der Waals surface area contributed by atoms with E-state index >= 15 is 0 Å². The molecule has 2 N–H and O–H groups in total. The van der Waals surface area contributed by atoms with Crippen molar-refractivity contribution in [2.45, 2.75) is 20.1 Å². The lowest BCUT2D eigenvalue weighted by Crippen LogP contribution is -2.15. The van der Waals surface area contributed by atoms with Gasteiger partial charge in [0.05, 0.1) is 0 Å². The fourth-order valence-corrected chi connectivity index (χ4v) is 2.46. The lowest BCUT2D eigenvalue weighted by molar-refractivity contribution is 0.000151. The summed E-state index contributed by atoms with van der Waals surface area (Å²) < 4.78 is 11.8. The van der Waals surface area contributed by atoms with Crippen molar-refractivity contribution in [3.05, 3.63) is 83.4 Å². The molecule has 4 heteroatoms. The van der Waals surface area contributed by atoms with Crippen LogP contribution in [0.25, 0.3) is 0 Å². The van der Waals surface area contributed by atoms with Gasteiger partial charge < -0.3 is 19.7 Å². The molecule has 0 saturated heterocycles. The number of ether oxygens (including phenoxy) is 2. The van der Waals surface area contributed by atoms with Crippen molar-refractivity contribution in [2.24, 2.45) is 0 Å². The largest absolute Gasteiger partial charge is 0.504 e. The smallest absolute Gasteiger partial charge is 0.267 e. The normalized spacial score (nSPS) is 10.7. The van der Waals surface area contributed by atoms with E-state index in [1.54, 1.807) is 24.3 Å². The van der Waals surface area contributed by atoms with Crippen LogP contribution in [0.15, 0.2) is 66.7 Å². The Balaban J connectivity index is 1.92. The van der Waals surface area contributed by atoms with E-state index in [-0.39, 0.29) is 11.5 Å². The van der Waals surface area contributed by atoms with Gasteiger partial charge in [0.2, 0.25) is 0 Å². The van der Waals surface area contributed by atoms with Gasteiger partial charge in [-0.15, -0.1) is 0 Å². The molecule has 128 valence electrons. The standard InChI is InChI=1S/C21H20O4/c1-14-8-10-19(17(22)12-14)24-21(16-6-4-3-5-7-16)25-20-11-9-15(2)13-18(20)23/h3-13,21-23H,1-2H3. The Morgan fingerprint density at radius 2 is 1.16 bits per heavy atom. The number of hydrogen-bond donors (Lipinski definition) is 2. The zero-order chi connectivity index (χ0) is 17.8. The van der Waals surface area contributed by atoms with Gasteiger partial charge in [-0.25, -0.2) is 0 Å². The molecule has 0 aromatic heterocycles. The van der Waals surface area contributed by atoms with Crippen LogP contribution >= 0.6 is 0 Å². The quantitative estimate of drug-likeness (QED) is 0.653. The number of rotatable bonds is 5. The fraction of sp³-hybridized carbons (Fsp3) is 0.143. The minimum atomic E-state index is -0.816. The van der Waals surface area contributed by atoms with Crippen LogP contribution in [0.5, 0.6) is 23.0 Å². The van der Waals surface area contributed by atoms with Crippen LogP contribution in [0, 0.1) is 13.8 Å². The summed E-state index contributed by atoms with van der Waals surface area (Å²) in [5.74, 6) is 0.701. The Morgan fingerprint density at radius 1 is 0.680 bits per heavy atom. The number of aromatic hydroxyl groups is 2. The first-order valence-corrected chi connectivity index (χ1v) is 8.00. The van der Waals surface area contributed by atoms with Crippen molar-refractivity contribution in [3.63, 3.8) is 0 Å². The molecular weight excluding hydrogens is 316 g/mol. The highest BCUT2D eigenvalue weighted by atomic mass is 16.7. The number of benzene rings is 3. The van der Waals surface area contributed by atoms with Crippen molar-refractivity contribution in [3.8, 4) is 23.0 Å². The minimum absolute atomic E-state index is 0.0395. The molecule has 0 atom stereocenters. The van der Waals surface area contributed by atoms with Gasteiger partial charge in [0, 0.05) is 5.56 Å². The van der Waals surface area contributed by atoms with E-state index in [1.807, 2.05) is 56.3 Å². The van der Waals surface area contributed by atoms with Gasteiger partial charge >= 0.3 is 0 Å². The second-order valence-electron chi connectivity index (χ2n) is 5.92. The molecule has 3 rings (SSSR count). The lowest BCUT2D eigenvalue weighted by Gasteiger charge is -2.22. The molecule has 0 aliphatic carbocycles. The van der Waals surface area contributed by atoms with Crippen LogP contribution < -0.4 is 9.47 Å². The third-order valence-electron chi connectivity index (χ3n) is 3.77. The first kappa shape index (κ1) is 16.7. The van der Waals surface area contributed by atoms with Crippen LogP contribution in [0.4, 0.5) is 0 Å². The maximum Gasteiger partial charge on any atom is 0.267 e. The van der Waals surface area contributed by atoms with E-state index in [0.717, 1.165) is 16.7 Å². The average Bonchev–Trinajstić information content (AvgIpc) is 2.59. The molecule has 0 spiro atoms. The van der Waals surface area contributed by atoms with Crippen molar-refractivity contribution >= 4 is 0 Å². The molecule has 0 unspecified atom stereocenters. The van der Waals surface area contributed by atoms with Crippen molar-refractivity contribution in [1.82, 2.24) is 0 Å². The molecular formula is C21H20O4. The number of hydrogen-bond acceptors (Lipinski definition) is 4. The molecule has 0 aliphatic heterocycles. The maximum atomic E-state index is 10.1. The second-order valence-corrected chi connectivity index (χ2v) is 5.92. The van der Waals surface area contributed by atoms with E-state index < -0.39 is 6.29 Å². The van der Waals surface area contributed by atoms with E-state index in [0.29, 0.717) is 11.5 Å². The van der Waals surface area contributed by atoms with Gasteiger partial charge in [-0.05, 0) is 49.2 Å². The maximum absolute atomic E-state index is 10.1. The van der Waals surface area contributed by atoms with Crippen molar-refractivity contribution in [1.29, 1.82) is 0 Å². The van der Waals surface area contributed by atoms with Gasteiger partial charge in [-0.2, -0.15) is 0 Å². The van der Waals surface area contributed by atoms with E-state index in [4.69, 9.17) is 9.47 Å². The third-order valence-corrected chi connectivity index (χ3v) is 3.77. The van der Waals surface area contributed by atoms with Crippen LogP contribution in [-0.2, 0) is 0 Å². The Morgan fingerprint density at radius 3 is 1.60 bits per heavy atom. The molecule has 0 saturated carbocycles. The van der Waals surface area contributed by atoms with Gasteiger partial charge in [0.25, 0.3) is 6.29 Å². The zero-order valence-corrected chi connectivity index (χ0v) is 14.1. The number of phenols is 2. The lowest BCUT2D eigenvalue weighted by atomic mass is 10.2. The summed E-state index contributed by atoms with van der Waals surface area (Å²) in [6.45, 7) is 3.78. The molecule has 0 amide bonds. The molecule has 4 nitrogen and oxygen atoms in total. The van der Waals surface area contributed by atoms with Crippen LogP contribution in [0.3, 0.4) is 0 Å². The van der Waals surface area contributed by atoms with Gasteiger partial charge in [-0.1, -0.05) is 42.5 Å². The highest BCUT2D eigenvalue weighted by Gasteiger charge is 2.19. The summed E-state index contributed by atoms with van der Waals surface area (Å²) in [4.78, 5) is 0. The van der Waals surface area contributed by atoms with Crippen molar-refractivity contribution < 1.29 is 19.7 Å². The SMILES string of the molecule is Cc1ccc(OC(Oc2ccc(C)cc2O)c2ccccc2)c(O)c1. The van der Waals surface area contributed by atoms with Gasteiger partial charge in [0.1, 0.15) is 0 Å². The van der Waals surface area contributed by atoms with Crippen LogP contribution in [-0.4, -0.2) is 10.2 Å². The predicted octanol–water partition coefficient (Wildman–Crippen LogP) is 4.87. The summed E-state index contributed by atoms with van der Waals surface area (Å²) in [6, 6.07) is 19.7. The summed E-state index contributed by atoms with van der Waals surface area (Å²) in [6.07, 6.45) is -0.816. The molecule has 0 heterocycles. The first-order chi connectivity index (χ1) is 12.0. The van der Waals surface area contributed by atoms with E-state index in [2.05, 4.69) is 0 Å². The zero-order valence-electron chi connectivity index (χ0n) is 14.1. The Kier molecular flexibility index (Phi) is 4.80. The van der Waals surface area contributed by atoms with Crippen LogP contribution in [0.2, 0.25) is 0 Å². The summed E-state index contributed by atoms with van der Waals surface area (Å²) in [7, 11) is 0. The van der Waals surface area contributed by atoms with Gasteiger partial charge in [-0.3, -0.25) is 0 Å². The predicted molar refractivity (Wildman–Crippen MR) is 96.1 cm³/mol. The Bertz CT molecular complexity index is 806. The molecule has 3 aromatic carbocycles. The average molecular weight is 336 g/mol. The number of phenolic OH excluding ortho intramolecular Hbond substituents is 2. The summed E-state index contributed by atoms with van der Waals surface area (Å²) in [5.41, 5.74) is 2.62. The van der Waals surface area contributed by atoms with E-state index in [1.165, 1.54) is 0 Å². The third kappa shape index (κ3) is 4.04. The molecule has 3 aromatic rings. The topological polar surface area (TPSA) is 58.9 Å². The van der Waals surface area contributed by atoms with Crippen LogP contribution in [0.1, 0.15) is 23.0 Å². The van der Waals surface area contributed by atoms with E-state index in [9.17, 15) is 10.2 Å².